The largest absolute Gasteiger partial charge is 0.381 e. The van der Waals surface area contributed by atoms with Crippen molar-refractivity contribution in [1.29, 1.82) is 0 Å². The van der Waals surface area contributed by atoms with Gasteiger partial charge in [-0.25, -0.2) is 0 Å². The second kappa shape index (κ2) is 9.67. The maximum Gasteiger partial charge on any atom is 0.0646 e. The Labute approximate surface area is 112 Å². The van der Waals surface area contributed by atoms with Gasteiger partial charge in [0.15, 0.2) is 0 Å². The Morgan fingerprint density at radius 2 is 1.94 bits per heavy atom. The van der Waals surface area contributed by atoms with E-state index in [1.165, 1.54) is 5.57 Å². The molecule has 0 saturated carbocycles. The van der Waals surface area contributed by atoms with E-state index in [9.17, 15) is 0 Å². The van der Waals surface area contributed by atoms with Crippen LogP contribution >= 0.6 is 0 Å². The summed E-state index contributed by atoms with van der Waals surface area (Å²) in [6.07, 6.45) is 17.4. The van der Waals surface area contributed by atoms with Gasteiger partial charge in [0.1, 0.15) is 0 Å². The van der Waals surface area contributed by atoms with Crippen molar-refractivity contribution >= 4 is 0 Å². The molecule has 18 heavy (non-hydrogen) atoms. The van der Waals surface area contributed by atoms with Crippen molar-refractivity contribution in [3.8, 4) is 0 Å². The Morgan fingerprint density at radius 3 is 2.50 bits per heavy atom. The van der Waals surface area contributed by atoms with Crippen LogP contribution in [0.1, 0.15) is 27.2 Å². The average Bonchev–Trinajstić information content (AvgIpc) is 2.34. The van der Waals surface area contributed by atoms with E-state index in [-0.39, 0.29) is 5.41 Å². The Balaban J connectivity index is 4.76. The van der Waals surface area contributed by atoms with Gasteiger partial charge < -0.3 is 4.74 Å². The lowest BCUT2D eigenvalue weighted by molar-refractivity contribution is 0.233. The number of allylic oxidation sites excluding steroid dienone is 8. The SMILES string of the molecule is C=C/C=C(\C=C/COC)C(C)(C)C/C=C\C=C/C. The van der Waals surface area contributed by atoms with Crippen LogP contribution in [0.3, 0.4) is 0 Å². The molecule has 0 amide bonds. The zero-order valence-corrected chi connectivity index (χ0v) is 12.1. The van der Waals surface area contributed by atoms with Crippen LogP contribution in [0.15, 0.2) is 60.8 Å². The Bertz CT molecular complexity index is 341. The topological polar surface area (TPSA) is 9.23 Å². The lowest BCUT2D eigenvalue weighted by Crippen LogP contribution is -2.12. The molecule has 0 radical (unpaired) electrons. The van der Waals surface area contributed by atoms with E-state index in [0.29, 0.717) is 6.61 Å². The summed E-state index contributed by atoms with van der Waals surface area (Å²) in [5.74, 6) is 0. The number of methoxy groups -OCH3 is 1. The molecule has 0 saturated heterocycles. The van der Waals surface area contributed by atoms with E-state index < -0.39 is 0 Å². The predicted octanol–water partition coefficient (Wildman–Crippen LogP) is 4.85. The van der Waals surface area contributed by atoms with Crippen LogP contribution in [0.2, 0.25) is 0 Å². The summed E-state index contributed by atoms with van der Waals surface area (Å²) in [5.41, 5.74) is 1.36. The summed E-state index contributed by atoms with van der Waals surface area (Å²) < 4.78 is 5.03. The van der Waals surface area contributed by atoms with Gasteiger partial charge in [0.25, 0.3) is 0 Å². The van der Waals surface area contributed by atoms with E-state index in [1.54, 1.807) is 7.11 Å². The van der Waals surface area contributed by atoms with Gasteiger partial charge in [0.2, 0.25) is 0 Å². The summed E-state index contributed by atoms with van der Waals surface area (Å²) >= 11 is 0. The van der Waals surface area contributed by atoms with Crippen molar-refractivity contribution in [1.82, 2.24) is 0 Å². The van der Waals surface area contributed by atoms with Crippen LogP contribution in [-0.2, 0) is 4.74 Å². The van der Waals surface area contributed by atoms with E-state index in [1.807, 2.05) is 31.2 Å². The molecule has 1 nitrogen and oxygen atoms in total. The Morgan fingerprint density at radius 1 is 1.22 bits per heavy atom. The number of rotatable bonds is 8. The van der Waals surface area contributed by atoms with Gasteiger partial charge in [-0.1, -0.05) is 69.0 Å². The summed E-state index contributed by atoms with van der Waals surface area (Å²) in [6.45, 7) is 10.9. The van der Waals surface area contributed by atoms with Crippen LogP contribution in [-0.4, -0.2) is 13.7 Å². The van der Waals surface area contributed by atoms with E-state index in [0.717, 1.165) is 6.42 Å². The summed E-state index contributed by atoms with van der Waals surface area (Å²) in [5, 5.41) is 0. The highest BCUT2D eigenvalue weighted by molar-refractivity contribution is 5.30. The third kappa shape index (κ3) is 7.08. The normalized spacial score (nSPS) is 14.1. The molecule has 0 spiro atoms. The van der Waals surface area contributed by atoms with Crippen molar-refractivity contribution in [2.24, 2.45) is 5.41 Å². The van der Waals surface area contributed by atoms with Crippen molar-refractivity contribution < 1.29 is 4.74 Å². The molecule has 0 rings (SSSR count). The fourth-order valence-electron chi connectivity index (χ4n) is 1.58. The second-order valence-electron chi connectivity index (χ2n) is 4.76. The highest BCUT2D eigenvalue weighted by atomic mass is 16.5. The quantitative estimate of drug-likeness (QED) is 0.556. The number of hydrogen-bond donors (Lipinski definition) is 0. The monoisotopic (exact) mass is 246 g/mol. The first-order chi connectivity index (χ1) is 8.58. The molecule has 0 aromatic heterocycles. The molecule has 0 aliphatic heterocycles. The first kappa shape index (κ1) is 16.7. The molecule has 100 valence electrons. The van der Waals surface area contributed by atoms with E-state index >= 15 is 0 Å². The molecule has 0 unspecified atom stereocenters. The minimum atomic E-state index is 0.0938. The Hall–Kier alpha value is -1.34. The molecule has 0 atom stereocenters. The highest BCUT2D eigenvalue weighted by Crippen LogP contribution is 2.31. The maximum absolute atomic E-state index is 5.03. The molecule has 0 heterocycles. The predicted molar refractivity (Wildman–Crippen MR) is 81.6 cm³/mol. The fourth-order valence-corrected chi connectivity index (χ4v) is 1.58. The van der Waals surface area contributed by atoms with Gasteiger partial charge in [0.05, 0.1) is 6.61 Å². The molecular weight excluding hydrogens is 220 g/mol. The minimum Gasteiger partial charge on any atom is -0.381 e. The average molecular weight is 246 g/mol. The number of ether oxygens (including phenoxy) is 1. The van der Waals surface area contributed by atoms with Crippen molar-refractivity contribution in [2.75, 3.05) is 13.7 Å². The standard InChI is InChI=1S/C17H26O/c1-6-8-9-10-14-17(3,4)16(12-7-2)13-11-15-18-5/h6-13H,2,14-15H2,1,3-5H3/b8-6-,10-9-,13-11-,16-12+. The van der Waals surface area contributed by atoms with Crippen molar-refractivity contribution in [3.05, 3.63) is 60.8 Å². The third-order valence-corrected chi connectivity index (χ3v) is 2.71. The molecule has 0 N–H and O–H groups in total. The highest BCUT2D eigenvalue weighted by Gasteiger charge is 2.19. The zero-order valence-electron chi connectivity index (χ0n) is 12.1. The molecule has 0 aromatic carbocycles. The van der Waals surface area contributed by atoms with Crippen LogP contribution in [0.5, 0.6) is 0 Å². The lowest BCUT2D eigenvalue weighted by Gasteiger charge is -2.24. The first-order valence-corrected chi connectivity index (χ1v) is 6.35. The number of hydrogen-bond acceptors (Lipinski definition) is 1. The minimum absolute atomic E-state index is 0.0938. The van der Waals surface area contributed by atoms with E-state index in [4.69, 9.17) is 4.74 Å². The van der Waals surface area contributed by atoms with Gasteiger partial charge >= 0.3 is 0 Å². The van der Waals surface area contributed by atoms with Gasteiger partial charge in [-0.05, 0) is 24.3 Å². The summed E-state index contributed by atoms with van der Waals surface area (Å²) in [6, 6.07) is 0. The molecule has 0 bridgehead atoms. The Kier molecular flexibility index (Phi) is 8.95. The lowest BCUT2D eigenvalue weighted by atomic mass is 9.80. The fraction of sp³-hybridized carbons (Fsp3) is 0.412. The second-order valence-corrected chi connectivity index (χ2v) is 4.76. The van der Waals surface area contributed by atoms with E-state index in [2.05, 4.69) is 44.7 Å². The van der Waals surface area contributed by atoms with Gasteiger partial charge in [-0.15, -0.1) is 0 Å². The molecule has 0 aliphatic rings. The first-order valence-electron chi connectivity index (χ1n) is 6.35. The molecule has 1 heteroatoms. The zero-order chi connectivity index (χ0) is 13.9. The van der Waals surface area contributed by atoms with Gasteiger partial charge in [0, 0.05) is 7.11 Å². The van der Waals surface area contributed by atoms with Gasteiger partial charge in [-0.2, -0.15) is 0 Å². The van der Waals surface area contributed by atoms with Crippen LogP contribution < -0.4 is 0 Å². The molecule has 0 aliphatic carbocycles. The molecular formula is C17H26O. The van der Waals surface area contributed by atoms with Crippen LogP contribution in [0.25, 0.3) is 0 Å². The van der Waals surface area contributed by atoms with Crippen LogP contribution in [0, 0.1) is 5.41 Å². The molecule has 0 fully saturated rings. The van der Waals surface area contributed by atoms with Gasteiger partial charge in [-0.3, -0.25) is 0 Å². The van der Waals surface area contributed by atoms with Crippen molar-refractivity contribution in [3.63, 3.8) is 0 Å². The smallest absolute Gasteiger partial charge is 0.0646 e. The summed E-state index contributed by atoms with van der Waals surface area (Å²) in [7, 11) is 1.70. The molecule has 0 aromatic rings. The summed E-state index contributed by atoms with van der Waals surface area (Å²) in [4.78, 5) is 0. The third-order valence-electron chi connectivity index (χ3n) is 2.71. The van der Waals surface area contributed by atoms with Crippen LogP contribution in [0.4, 0.5) is 0 Å². The van der Waals surface area contributed by atoms with Crippen molar-refractivity contribution in [2.45, 2.75) is 27.2 Å². The maximum atomic E-state index is 5.03.